The van der Waals surface area contributed by atoms with Gasteiger partial charge in [0.25, 0.3) is 5.78 Å². The molecule has 0 aliphatic carbocycles. The van der Waals surface area contributed by atoms with Crippen LogP contribution in [0.5, 0.6) is 0 Å². The highest BCUT2D eigenvalue weighted by Crippen LogP contribution is 2.42. The van der Waals surface area contributed by atoms with Crippen LogP contribution in [0.4, 0.5) is 0 Å². The predicted octanol–water partition coefficient (Wildman–Crippen LogP) is 3.30. The van der Waals surface area contributed by atoms with E-state index < -0.39 is 17.7 Å². The van der Waals surface area contributed by atoms with Crippen molar-refractivity contribution in [1.82, 2.24) is 4.90 Å². The van der Waals surface area contributed by atoms with E-state index in [0.717, 1.165) is 16.9 Å². The van der Waals surface area contributed by atoms with Gasteiger partial charge >= 0.3 is 5.91 Å². The minimum absolute atomic E-state index is 0.0320. The second kappa shape index (κ2) is 8.04. The largest absolute Gasteiger partial charge is 0.507 e. The molecule has 2 aliphatic rings. The highest BCUT2D eigenvalue weighted by molar-refractivity contribution is 8.14. The van der Waals surface area contributed by atoms with Gasteiger partial charge in [0.1, 0.15) is 13.6 Å². The molecule has 2 heterocycles. The number of aliphatic hydroxyl groups is 1. The van der Waals surface area contributed by atoms with Crippen molar-refractivity contribution in [3.05, 3.63) is 70.8 Å². The maximum atomic E-state index is 13.1. The normalized spacial score (nSPS) is 20.9. The Kier molecular flexibility index (Phi) is 5.56. The van der Waals surface area contributed by atoms with Gasteiger partial charge in [-0.3, -0.25) is 19.5 Å². The van der Waals surface area contributed by atoms with Gasteiger partial charge in [-0.15, -0.1) is 0 Å². The van der Waals surface area contributed by atoms with E-state index in [0.29, 0.717) is 22.7 Å². The van der Waals surface area contributed by atoms with Crippen LogP contribution in [-0.4, -0.2) is 47.0 Å². The molecule has 4 rings (SSSR count). The lowest BCUT2D eigenvalue weighted by Crippen LogP contribution is -2.33. The second-order valence-corrected chi connectivity index (χ2v) is 9.74. The Labute approximate surface area is 187 Å². The molecule has 0 bridgehead atoms. The van der Waals surface area contributed by atoms with Crippen LogP contribution in [-0.2, 0) is 15.0 Å². The molecule has 1 saturated heterocycles. The molecule has 2 aliphatic heterocycles. The number of hydrogen-bond donors (Lipinski definition) is 1. The molecule has 0 aromatic heterocycles. The molecule has 2 aromatic carbocycles. The van der Waals surface area contributed by atoms with Crippen LogP contribution in [0.3, 0.4) is 0 Å². The minimum atomic E-state index is -0.740. The Morgan fingerprint density at radius 2 is 1.74 bits per heavy atom. The molecule has 1 unspecified atom stereocenters. The summed E-state index contributed by atoms with van der Waals surface area (Å²) in [6, 6.07) is 13.7. The zero-order valence-corrected chi connectivity index (χ0v) is 18.6. The molecule has 5 nitrogen and oxygen atoms in total. The molecule has 0 spiro atoms. The number of likely N-dealkylation sites (tertiary alicyclic amines) is 1. The summed E-state index contributed by atoms with van der Waals surface area (Å²) in [4.78, 5) is 31.9. The number of thioether (sulfide) groups is 1. The van der Waals surface area contributed by atoms with Crippen molar-refractivity contribution in [1.29, 1.82) is 0 Å². The van der Waals surface area contributed by atoms with E-state index in [2.05, 4.69) is 25.8 Å². The zero-order chi connectivity index (χ0) is 22.3. The van der Waals surface area contributed by atoms with Gasteiger partial charge in [-0.25, -0.2) is 0 Å². The molecule has 1 N–H and O–H groups in total. The number of hydrogen-bond acceptors (Lipinski definition) is 5. The maximum Gasteiger partial charge on any atom is 0.301 e. The van der Waals surface area contributed by atoms with Crippen molar-refractivity contribution < 1.29 is 14.7 Å². The van der Waals surface area contributed by atoms with E-state index in [1.165, 1.54) is 16.7 Å². The lowest BCUT2D eigenvalue weighted by molar-refractivity contribution is -0.137. The number of nitrogens with zero attached hydrogens (tertiary/aromatic N) is 2. The Morgan fingerprint density at radius 3 is 2.29 bits per heavy atom. The van der Waals surface area contributed by atoms with Gasteiger partial charge in [0, 0.05) is 11.3 Å². The third kappa shape index (κ3) is 3.94. The van der Waals surface area contributed by atoms with Crippen molar-refractivity contribution in [3.8, 4) is 0 Å². The molecule has 2 aromatic rings. The second-order valence-electron chi connectivity index (χ2n) is 8.68. The summed E-state index contributed by atoms with van der Waals surface area (Å²) in [7, 11) is 5.76. The summed E-state index contributed by atoms with van der Waals surface area (Å²) in [5, 5.41) is 11.6. The van der Waals surface area contributed by atoms with Gasteiger partial charge in [0.15, 0.2) is 5.17 Å². The van der Waals surface area contributed by atoms with Crippen LogP contribution in [0, 0.1) is 0 Å². The number of amidine groups is 1. The monoisotopic (exact) mass is 430 g/mol. The van der Waals surface area contributed by atoms with Crippen LogP contribution < -0.4 is 5.46 Å². The first kappa shape index (κ1) is 21.4. The lowest BCUT2D eigenvalue weighted by Gasteiger charge is -2.26. The highest BCUT2D eigenvalue weighted by atomic mass is 32.2. The standard InChI is InChI=1S/C24H23BN2O3S/c1-24(2,3)16-8-4-14(5-9-16)19-18(20(28)15-6-10-17(25)11-7-15)21(29)22(30)27(19)23-26-12-13-31-23/h4-11,19,28H,12-13H2,1-3H3. The van der Waals surface area contributed by atoms with E-state index in [4.69, 9.17) is 7.85 Å². The number of amides is 1. The van der Waals surface area contributed by atoms with Crippen LogP contribution in [0.25, 0.3) is 5.76 Å². The Hall–Kier alpha value is -2.80. The third-order valence-electron chi connectivity index (χ3n) is 5.50. The summed E-state index contributed by atoms with van der Waals surface area (Å²) in [5.74, 6) is -0.842. The van der Waals surface area contributed by atoms with Crippen LogP contribution >= 0.6 is 11.8 Å². The molecular formula is C24H23BN2O3S. The number of carbonyl (C=O) groups is 2. The number of rotatable bonds is 2. The van der Waals surface area contributed by atoms with Crippen molar-refractivity contribution in [2.24, 2.45) is 4.99 Å². The SMILES string of the molecule is [B]c1ccc(C(O)=C2C(=O)C(=O)N(C3=NCCS3)C2c2ccc(C(C)(C)C)cc2)cc1. The van der Waals surface area contributed by atoms with E-state index in [9.17, 15) is 14.7 Å². The maximum absolute atomic E-state index is 13.1. The van der Waals surface area contributed by atoms with Gasteiger partial charge in [0.2, 0.25) is 0 Å². The number of aliphatic hydroxyl groups excluding tert-OH is 1. The minimum Gasteiger partial charge on any atom is -0.507 e. The summed E-state index contributed by atoms with van der Waals surface area (Å²) >= 11 is 1.44. The molecule has 1 atom stereocenters. The van der Waals surface area contributed by atoms with Gasteiger partial charge in [-0.2, -0.15) is 0 Å². The first-order valence-electron chi connectivity index (χ1n) is 10.1. The fourth-order valence-electron chi connectivity index (χ4n) is 3.78. The molecule has 31 heavy (non-hydrogen) atoms. The van der Waals surface area contributed by atoms with Crippen molar-refractivity contribution in [2.75, 3.05) is 12.3 Å². The quantitative estimate of drug-likeness (QED) is 0.344. The Balaban J connectivity index is 1.88. The van der Waals surface area contributed by atoms with E-state index in [1.54, 1.807) is 24.3 Å². The summed E-state index contributed by atoms with van der Waals surface area (Å²) in [6.07, 6.45) is 0. The van der Waals surface area contributed by atoms with Crippen molar-refractivity contribution >= 4 is 47.7 Å². The van der Waals surface area contributed by atoms with E-state index in [-0.39, 0.29) is 16.7 Å². The fraction of sp³-hybridized carbons (Fsp3) is 0.292. The zero-order valence-electron chi connectivity index (χ0n) is 17.8. The number of Topliss-reactive ketones (excluding diaryl/α,β-unsaturated/α-hetero) is 1. The Bertz CT molecular complexity index is 1100. The molecule has 0 saturated carbocycles. The summed E-state index contributed by atoms with van der Waals surface area (Å²) < 4.78 is 0. The van der Waals surface area contributed by atoms with E-state index in [1.807, 2.05) is 24.3 Å². The lowest BCUT2D eigenvalue weighted by atomic mass is 9.85. The fourth-order valence-corrected chi connectivity index (χ4v) is 4.65. The van der Waals surface area contributed by atoms with Crippen molar-refractivity contribution in [2.45, 2.75) is 32.2 Å². The van der Waals surface area contributed by atoms with Crippen molar-refractivity contribution in [3.63, 3.8) is 0 Å². The summed E-state index contributed by atoms with van der Waals surface area (Å²) in [5.41, 5.74) is 2.90. The smallest absolute Gasteiger partial charge is 0.301 e. The van der Waals surface area contributed by atoms with Crippen LogP contribution in [0.1, 0.15) is 43.5 Å². The molecular weight excluding hydrogens is 407 g/mol. The molecule has 1 amide bonds. The van der Waals surface area contributed by atoms with Gasteiger partial charge in [0.05, 0.1) is 18.2 Å². The topological polar surface area (TPSA) is 70.0 Å². The average molecular weight is 430 g/mol. The predicted molar refractivity (Wildman–Crippen MR) is 126 cm³/mol. The number of aliphatic imine (C=N–C) groups is 1. The first-order valence-corrected chi connectivity index (χ1v) is 11.1. The molecule has 2 radical (unpaired) electrons. The molecule has 156 valence electrons. The number of ketones is 1. The summed E-state index contributed by atoms with van der Waals surface area (Å²) in [6.45, 7) is 6.97. The average Bonchev–Trinajstić information content (AvgIpc) is 3.34. The Morgan fingerprint density at radius 1 is 1.10 bits per heavy atom. The third-order valence-corrected chi connectivity index (χ3v) is 6.47. The van der Waals surface area contributed by atoms with Crippen LogP contribution in [0.2, 0.25) is 0 Å². The van der Waals surface area contributed by atoms with E-state index >= 15 is 0 Å². The van der Waals surface area contributed by atoms with Gasteiger partial charge < -0.3 is 5.11 Å². The number of benzene rings is 2. The molecule has 7 heteroatoms. The van der Waals surface area contributed by atoms with Gasteiger partial charge in [-0.05, 0) is 16.5 Å². The molecule has 1 fully saturated rings. The van der Waals surface area contributed by atoms with Gasteiger partial charge in [-0.1, -0.05) is 86.5 Å². The highest BCUT2D eigenvalue weighted by Gasteiger charge is 2.48. The van der Waals surface area contributed by atoms with Crippen LogP contribution in [0.15, 0.2) is 59.1 Å². The first-order chi connectivity index (χ1) is 14.7. The number of carbonyl (C=O) groups excluding carboxylic acids is 2.